The number of hydrogen-bond acceptors (Lipinski definition) is 3. The third-order valence-corrected chi connectivity index (χ3v) is 5.41. The molecule has 1 aliphatic carbocycles. The van der Waals surface area contributed by atoms with Crippen molar-refractivity contribution in [2.75, 3.05) is 5.73 Å². The highest BCUT2D eigenvalue weighted by molar-refractivity contribution is 5.89. The molecule has 5 nitrogen and oxygen atoms in total. The van der Waals surface area contributed by atoms with Gasteiger partial charge in [0.2, 0.25) is 5.91 Å². The van der Waals surface area contributed by atoms with Crippen molar-refractivity contribution in [3.63, 3.8) is 0 Å². The minimum Gasteiger partial charge on any atom is -0.399 e. The number of pyridine rings is 1. The normalized spacial score (nSPS) is 16.5. The van der Waals surface area contributed by atoms with E-state index in [0.29, 0.717) is 0 Å². The van der Waals surface area contributed by atoms with Gasteiger partial charge in [0.25, 0.3) is 0 Å². The van der Waals surface area contributed by atoms with Crippen LogP contribution in [0.4, 0.5) is 5.69 Å². The lowest BCUT2D eigenvalue weighted by Gasteiger charge is -2.26. The molecule has 1 amide bonds. The van der Waals surface area contributed by atoms with E-state index in [9.17, 15) is 4.79 Å². The molecule has 0 bridgehead atoms. The predicted octanol–water partition coefficient (Wildman–Crippen LogP) is 3.30. The van der Waals surface area contributed by atoms with E-state index in [4.69, 9.17) is 5.73 Å². The Labute approximate surface area is 159 Å². The molecule has 3 N–H and O–H groups in total. The van der Waals surface area contributed by atoms with Gasteiger partial charge in [-0.1, -0.05) is 19.9 Å². The number of nitrogens with zero attached hydrogens (tertiary/aromatic N) is 2. The maximum Gasteiger partial charge on any atom is 0.222 e. The van der Waals surface area contributed by atoms with Gasteiger partial charge in [0, 0.05) is 40.4 Å². The van der Waals surface area contributed by atoms with Crippen LogP contribution in [-0.2, 0) is 24.2 Å². The first-order chi connectivity index (χ1) is 13.0. The highest BCUT2D eigenvalue weighted by Crippen LogP contribution is 2.34. The third kappa shape index (κ3) is 3.42. The number of aromatic nitrogens is 2. The first kappa shape index (κ1) is 17.6. The molecule has 3 aromatic rings. The summed E-state index contributed by atoms with van der Waals surface area (Å²) in [6.07, 6.45) is 4.59. The predicted molar refractivity (Wildman–Crippen MR) is 108 cm³/mol. The Morgan fingerprint density at radius 3 is 2.93 bits per heavy atom. The van der Waals surface area contributed by atoms with Crippen molar-refractivity contribution in [3.8, 4) is 0 Å². The Bertz CT molecular complexity index is 975. The molecule has 1 aliphatic rings. The van der Waals surface area contributed by atoms with Crippen molar-refractivity contribution in [1.82, 2.24) is 14.9 Å². The van der Waals surface area contributed by atoms with Gasteiger partial charge in [0.05, 0.1) is 12.2 Å². The van der Waals surface area contributed by atoms with Crippen molar-refractivity contribution in [1.29, 1.82) is 0 Å². The molecule has 0 radical (unpaired) electrons. The average molecular weight is 362 g/mol. The van der Waals surface area contributed by atoms with Crippen LogP contribution in [0, 0.1) is 5.92 Å². The Kier molecular flexibility index (Phi) is 4.60. The fourth-order valence-corrected chi connectivity index (χ4v) is 3.99. The number of carbonyl (C=O) groups excluding carboxylic acids is 1. The molecule has 0 unspecified atom stereocenters. The van der Waals surface area contributed by atoms with Gasteiger partial charge in [0.1, 0.15) is 0 Å². The Morgan fingerprint density at radius 2 is 2.19 bits per heavy atom. The minimum atomic E-state index is 0.00698. The molecule has 2 heterocycles. The standard InChI is InChI=1S/C22H26N4O/c1-14(2)22(27)25-16-7-9-21-19(12-16)18-11-15(23)6-8-20(18)26(21)13-17-5-3-4-10-24-17/h3-6,8,10-11,14,16H,7,9,12-13,23H2,1-2H3,(H,25,27)/t16-/m1/s1. The van der Waals surface area contributed by atoms with Gasteiger partial charge in [-0.05, 0) is 55.2 Å². The molecule has 0 fully saturated rings. The number of fused-ring (bicyclic) bond motifs is 3. The molecule has 27 heavy (non-hydrogen) atoms. The van der Waals surface area contributed by atoms with Gasteiger partial charge < -0.3 is 15.6 Å². The zero-order valence-corrected chi connectivity index (χ0v) is 15.9. The van der Waals surface area contributed by atoms with Gasteiger partial charge in [0.15, 0.2) is 0 Å². The number of nitrogens with one attached hydrogen (secondary N) is 1. The highest BCUT2D eigenvalue weighted by Gasteiger charge is 2.27. The topological polar surface area (TPSA) is 72.9 Å². The summed E-state index contributed by atoms with van der Waals surface area (Å²) in [5, 5.41) is 4.40. The second kappa shape index (κ2) is 7.06. The average Bonchev–Trinajstić information content (AvgIpc) is 2.95. The van der Waals surface area contributed by atoms with E-state index < -0.39 is 0 Å². The third-order valence-electron chi connectivity index (χ3n) is 5.41. The first-order valence-corrected chi connectivity index (χ1v) is 9.62. The van der Waals surface area contributed by atoms with Gasteiger partial charge in [-0.2, -0.15) is 0 Å². The van der Waals surface area contributed by atoms with Crippen LogP contribution < -0.4 is 11.1 Å². The van der Waals surface area contributed by atoms with Crippen molar-refractivity contribution >= 4 is 22.5 Å². The molecule has 140 valence electrons. The van der Waals surface area contributed by atoms with E-state index in [-0.39, 0.29) is 17.9 Å². The molecular formula is C22H26N4O. The molecule has 0 saturated carbocycles. The SMILES string of the molecule is CC(C)C(=O)N[C@@H]1CCc2c(c3cc(N)ccc3n2Cc2ccccn2)C1. The summed E-state index contributed by atoms with van der Waals surface area (Å²) in [6.45, 7) is 4.62. The van der Waals surface area contributed by atoms with E-state index in [1.807, 2.05) is 38.2 Å². The molecule has 0 saturated heterocycles. The lowest BCUT2D eigenvalue weighted by molar-refractivity contribution is -0.124. The summed E-state index contributed by atoms with van der Waals surface area (Å²) < 4.78 is 2.37. The zero-order valence-electron chi connectivity index (χ0n) is 15.9. The number of anilines is 1. The van der Waals surface area contributed by atoms with Crippen LogP contribution in [-0.4, -0.2) is 21.5 Å². The van der Waals surface area contributed by atoms with Crippen LogP contribution in [0.1, 0.15) is 37.2 Å². The number of hydrogen-bond donors (Lipinski definition) is 2. The lowest BCUT2D eigenvalue weighted by atomic mass is 9.91. The lowest BCUT2D eigenvalue weighted by Crippen LogP contribution is -2.41. The first-order valence-electron chi connectivity index (χ1n) is 9.62. The molecule has 2 aromatic heterocycles. The van der Waals surface area contributed by atoms with Gasteiger partial charge in [-0.3, -0.25) is 9.78 Å². The van der Waals surface area contributed by atoms with Crippen LogP contribution in [0.15, 0.2) is 42.6 Å². The largest absolute Gasteiger partial charge is 0.399 e. The number of nitrogen functional groups attached to an aromatic ring is 1. The summed E-state index contributed by atoms with van der Waals surface area (Å²) in [4.78, 5) is 16.6. The Balaban J connectivity index is 1.73. The van der Waals surface area contributed by atoms with Crippen LogP contribution in [0.5, 0.6) is 0 Å². The van der Waals surface area contributed by atoms with E-state index in [2.05, 4.69) is 33.1 Å². The van der Waals surface area contributed by atoms with Crippen molar-refractivity contribution in [3.05, 3.63) is 59.5 Å². The molecule has 4 rings (SSSR count). The second-order valence-corrected chi connectivity index (χ2v) is 7.71. The Morgan fingerprint density at radius 1 is 1.33 bits per heavy atom. The molecule has 1 atom stereocenters. The highest BCUT2D eigenvalue weighted by atomic mass is 16.1. The zero-order chi connectivity index (χ0) is 19.0. The van der Waals surface area contributed by atoms with Crippen LogP contribution in [0.2, 0.25) is 0 Å². The van der Waals surface area contributed by atoms with Crippen molar-refractivity contribution in [2.24, 2.45) is 5.92 Å². The maximum absolute atomic E-state index is 12.1. The van der Waals surface area contributed by atoms with Gasteiger partial charge >= 0.3 is 0 Å². The maximum atomic E-state index is 12.1. The van der Waals surface area contributed by atoms with Crippen LogP contribution in [0.3, 0.4) is 0 Å². The number of benzene rings is 1. The molecular weight excluding hydrogens is 336 g/mol. The van der Waals surface area contributed by atoms with Gasteiger partial charge in [-0.25, -0.2) is 0 Å². The summed E-state index contributed by atoms with van der Waals surface area (Å²) in [6, 6.07) is 12.3. The quantitative estimate of drug-likeness (QED) is 0.700. The minimum absolute atomic E-state index is 0.00698. The van der Waals surface area contributed by atoms with E-state index >= 15 is 0 Å². The van der Waals surface area contributed by atoms with Crippen LogP contribution >= 0.6 is 0 Å². The van der Waals surface area contributed by atoms with Crippen molar-refractivity contribution < 1.29 is 4.79 Å². The summed E-state index contributed by atoms with van der Waals surface area (Å²) in [5.41, 5.74) is 11.7. The number of carbonyl (C=O) groups is 1. The summed E-state index contributed by atoms with van der Waals surface area (Å²) in [7, 11) is 0. The molecule has 0 spiro atoms. The van der Waals surface area contributed by atoms with E-state index in [1.54, 1.807) is 0 Å². The fourth-order valence-electron chi connectivity index (χ4n) is 3.99. The summed E-state index contributed by atoms with van der Waals surface area (Å²) >= 11 is 0. The molecule has 0 aliphatic heterocycles. The van der Waals surface area contributed by atoms with E-state index in [0.717, 1.165) is 37.2 Å². The second-order valence-electron chi connectivity index (χ2n) is 7.71. The Hall–Kier alpha value is -2.82. The monoisotopic (exact) mass is 362 g/mol. The van der Waals surface area contributed by atoms with Crippen LogP contribution in [0.25, 0.3) is 10.9 Å². The van der Waals surface area contributed by atoms with Gasteiger partial charge in [-0.15, -0.1) is 0 Å². The van der Waals surface area contributed by atoms with Crippen molar-refractivity contribution in [2.45, 2.75) is 45.7 Å². The fraction of sp³-hybridized carbons (Fsp3) is 0.364. The molecule has 1 aromatic carbocycles. The summed E-state index contributed by atoms with van der Waals surface area (Å²) in [5.74, 6) is 0.132. The molecule has 5 heteroatoms. The number of amides is 1. The number of rotatable bonds is 4. The number of nitrogens with two attached hydrogens (primary N) is 1. The van der Waals surface area contributed by atoms with E-state index in [1.165, 1.54) is 22.2 Å². The smallest absolute Gasteiger partial charge is 0.222 e.